The summed E-state index contributed by atoms with van der Waals surface area (Å²) in [7, 11) is 3.26. The second-order valence-electron chi connectivity index (χ2n) is 4.58. The van der Waals surface area contributed by atoms with E-state index in [4.69, 9.17) is 16.7 Å². The molecule has 1 aromatic heterocycles. The van der Waals surface area contributed by atoms with Crippen LogP contribution in [-0.2, 0) is 4.79 Å². The van der Waals surface area contributed by atoms with Crippen LogP contribution < -0.4 is 5.32 Å². The standard InChI is InChI=1S/C13H18ClN3O3/c1-4-5-10(13(19)20)16-11-9(14)6-8(7-15-11)12(18)17(2)3/h6-7,10H,4-5H2,1-3H3,(H,15,16)(H,19,20). The largest absolute Gasteiger partial charge is 0.480 e. The lowest BCUT2D eigenvalue weighted by Gasteiger charge is -2.16. The van der Waals surface area contributed by atoms with Crippen LogP contribution in [0, 0.1) is 0 Å². The molecular formula is C13H18ClN3O3. The van der Waals surface area contributed by atoms with Crippen molar-refractivity contribution in [2.75, 3.05) is 19.4 Å². The van der Waals surface area contributed by atoms with Crippen molar-refractivity contribution >= 4 is 29.3 Å². The number of rotatable bonds is 6. The third kappa shape index (κ3) is 4.09. The normalized spacial score (nSPS) is 11.8. The zero-order valence-electron chi connectivity index (χ0n) is 11.7. The van der Waals surface area contributed by atoms with Gasteiger partial charge in [0.1, 0.15) is 11.9 Å². The Labute approximate surface area is 122 Å². The Morgan fingerprint density at radius 2 is 2.15 bits per heavy atom. The van der Waals surface area contributed by atoms with Crippen molar-refractivity contribution in [1.82, 2.24) is 9.88 Å². The monoisotopic (exact) mass is 299 g/mol. The zero-order chi connectivity index (χ0) is 15.3. The van der Waals surface area contributed by atoms with Crippen LogP contribution in [0.2, 0.25) is 5.02 Å². The summed E-state index contributed by atoms with van der Waals surface area (Å²) in [6, 6.07) is 0.727. The van der Waals surface area contributed by atoms with Crippen LogP contribution in [0.15, 0.2) is 12.3 Å². The molecule has 0 aliphatic heterocycles. The van der Waals surface area contributed by atoms with E-state index in [1.54, 1.807) is 14.1 Å². The third-order valence-electron chi connectivity index (χ3n) is 2.68. The summed E-state index contributed by atoms with van der Waals surface area (Å²) in [5.41, 5.74) is 0.355. The summed E-state index contributed by atoms with van der Waals surface area (Å²) in [4.78, 5) is 28.3. The number of nitrogens with one attached hydrogen (secondary N) is 1. The molecule has 0 fully saturated rings. The van der Waals surface area contributed by atoms with Crippen molar-refractivity contribution in [3.05, 3.63) is 22.8 Å². The van der Waals surface area contributed by atoms with Gasteiger partial charge in [-0.25, -0.2) is 9.78 Å². The maximum absolute atomic E-state index is 11.8. The number of hydrogen-bond acceptors (Lipinski definition) is 4. The molecule has 1 unspecified atom stereocenters. The topological polar surface area (TPSA) is 82.5 Å². The minimum atomic E-state index is -0.960. The Morgan fingerprint density at radius 3 is 2.60 bits per heavy atom. The van der Waals surface area contributed by atoms with Crippen molar-refractivity contribution in [3.63, 3.8) is 0 Å². The van der Waals surface area contributed by atoms with Gasteiger partial charge in [-0.3, -0.25) is 4.79 Å². The van der Waals surface area contributed by atoms with Gasteiger partial charge in [0.25, 0.3) is 5.91 Å². The minimum absolute atomic E-state index is 0.214. The van der Waals surface area contributed by atoms with Crippen molar-refractivity contribution in [1.29, 1.82) is 0 Å². The van der Waals surface area contributed by atoms with Crippen molar-refractivity contribution in [3.8, 4) is 0 Å². The molecule has 1 heterocycles. The summed E-state index contributed by atoms with van der Waals surface area (Å²) in [6.07, 6.45) is 2.56. The number of carboxylic acid groups (broad SMARTS) is 1. The lowest BCUT2D eigenvalue weighted by molar-refractivity contribution is -0.138. The summed E-state index contributed by atoms with van der Waals surface area (Å²) in [6.45, 7) is 1.89. The Morgan fingerprint density at radius 1 is 1.50 bits per heavy atom. The fourth-order valence-electron chi connectivity index (χ4n) is 1.63. The number of halogens is 1. The van der Waals surface area contributed by atoms with Crippen LogP contribution in [-0.4, -0.2) is 47.0 Å². The molecule has 0 aromatic carbocycles. The van der Waals surface area contributed by atoms with E-state index in [0.717, 1.165) is 6.42 Å². The molecule has 0 aliphatic rings. The molecule has 0 radical (unpaired) electrons. The molecule has 110 valence electrons. The number of hydrogen-bond donors (Lipinski definition) is 2. The average Bonchev–Trinajstić information content (AvgIpc) is 2.38. The maximum Gasteiger partial charge on any atom is 0.326 e. The van der Waals surface area contributed by atoms with Gasteiger partial charge in [0.05, 0.1) is 10.6 Å². The highest BCUT2D eigenvalue weighted by molar-refractivity contribution is 6.33. The number of nitrogens with zero attached hydrogens (tertiary/aromatic N) is 2. The van der Waals surface area contributed by atoms with Crippen LogP contribution in [0.5, 0.6) is 0 Å². The summed E-state index contributed by atoms with van der Waals surface area (Å²) in [5, 5.41) is 12.1. The zero-order valence-corrected chi connectivity index (χ0v) is 12.4. The second kappa shape index (κ2) is 7.09. The molecule has 1 rings (SSSR count). The van der Waals surface area contributed by atoms with E-state index in [2.05, 4.69) is 10.3 Å². The molecule has 0 bridgehead atoms. The first-order chi connectivity index (χ1) is 9.36. The van der Waals surface area contributed by atoms with Gasteiger partial charge in [-0.1, -0.05) is 24.9 Å². The Hall–Kier alpha value is -1.82. The summed E-state index contributed by atoms with van der Waals surface area (Å²) < 4.78 is 0. The fourth-order valence-corrected chi connectivity index (χ4v) is 1.85. The van der Waals surface area contributed by atoms with Crippen LogP contribution in [0.3, 0.4) is 0 Å². The highest BCUT2D eigenvalue weighted by atomic mass is 35.5. The first-order valence-corrected chi connectivity index (χ1v) is 6.61. The van der Waals surface area contributed by atoms with Gasteiger partial charge in [-0.05, 0) is 12.5 Å². The molecule has 0 aliphatic carbocycles. The highest BCUT2D eigenvalue weighted by Gasteiger charge is 2.19. The SMILES string of the molecule is CCCC(Nc1ncc(C(=O)N(C)C)cc1Cl)C(=O)O. The summed E-state index contributed by atoms with van der Waals surface area (Å²) in [5.74, 6) is -0.907. The van der Waals surface area contributed by atoms with Crippen molar-refractivity contribution in [2.24, 2.45) is 0 Å². The van der Waals surface area contributed by atoms with Gasteiger partial charge in [0.15, 0.2) is 0 Å². The molecule has 1 atom stereocenters. The van der Waals surface area contributed by atoms with Gasteiger partial charge < -0.3 is 15.3 Å². The number of anilines is 1. The number of aromatic nitrogens is 1. The van der Waals surface area contributed by atoms with Crippen LogP contribution in [0.1, 0.15) is 30.1 Å². The van der Waals surface area contributed by atoms with Crippen LogP contribution >= 0.6 is 11.6 Å². The highest BCUT2D eigenvalue weighted by Crippen LogP contribution is 2.22. The van der Waals surface area contributed by atoms with Crippen molar-refractivity contribution in [2.45, 2.75) is 25.8 Å². The van der Waals surface area contributed by atoms with Gasteiger partial charge in [-0.2, -0.15) is 0 Å². The molecule has 1 aromatic rings. The predicted molar refractivity (Wildman–Crippen MR) is 77.2 cm³/mol. The Bertz CT molecular complexity index is 506. The van der Waals surface area contributed by atoms with Crippen molar-refractivity contribution < 1.29 is 14.7 Å². The smallest absolute Gasteiger partial charge is 0.326 e. The molecule has 0 spiro atoms. The lowest BCUT2D eigenvalue weighted by Crippen LogP contribution is -2.29. The number of carbonyl (C=O) groups is 2. The van der Waals surface area contributed by atoms with E-state index in [-0.39, 0.29) is 16.7 Å². The third-order valence-corrected chi connectivity index (χ3v) is 2.97. The second-order valence-corrected chi connectivity index (χ2v) is 4.99. The van der Waals surface area contributed by atoms with Gasteiger partial charge >= 0.3 is 5.97 Å². The maximum atomic E-state index is 11.8. The number of carbonyl (C=O) groups excluding carboxylic acids is 1. The van der Waals surface area contributed by atoms with E-state index in [9.17, 15) is 9.59 Å². The number of amides is 1. The fraction of sp³-hybridized carbons (Fsp3) is 0.462. The Balaban J connectivity index is 2.93. The number of pyridine rings is 1. The van der Waals surface area contributed by atoms with Crippen LogP contribution in [0.25, 0.3) is 0 Å². The Kier molecular flexibility index (Phi) is 5.76. The van der Waals surface area contributed by atoms with E-state index < -0.39 is 12.0 Å². The van der Waals surface area contributed by atoms with Gasteiger partial charge in [0, 0.05) is 20.3 Å². The first kappa shape index (κ1) is 16.2. The van der Waals surface area contributed by atoms with E-state index in [1.807, 2.05) is 6.92 Å². The number of carboxylic acids is 1. The van der Waals surface area contributed by atoms with E-state index >= 15 is 0 Å². The lowest BCUT2D eigenvalue weighted by atomic mass is 10.1. The minimum Gasteiger partial charge on any atom is -0.480 e. The quantitative estimate of drug-likeness (QED) is 0.840. The molecular weight excluding hydrogens is 282 g/mol. The number of aliphatic carboxylic acids is 1. The average molecular weight is 300 g/mol. The molecule has 7 heteroatoms. The molecule has 20 heavy (non-hydrogen) atoms. The van der Waals surface area contributed by atoms with Gasteiger partial charge in [-0.15, -0.1) is 0 Å². The summed E-state index contributed by atoms with van der Waals surface area (Å²) >= 11 is 6.04. The van der Waals surface area contributed by atoms with E-state index in [0.29, 0.717) is 12.0 Å². The molecule has 6 nitrogen and oxygen atoms in total. The predicted octanol–water partition coefficient (Wildman–Crippen LogP) is 2.10. The molecule has 2 N–H and O–H groups in total. The first-order valence-electron chi connectivity index (χ1n) is 6.23. The molecule has 0 saturated carbocycles. The van der Waals surface area contributed by atoms with E-state index in [1.165, 1.54) is 17.2 Å². The molecule has 0 saturated heterocycles. The molecule has 1 amide bonds. The van der Waals surface area contributed by atoms with Gasteiger partial charge in [0.2, 0.25) is 0 Å². The van der Waals surface area contributed by atoms with Crippen LogP contribution in [0.4, 0.5) is 5.82 Å².